The van der Waals surface area contributed by atoms with E-state index in [0.717, 1.165) is 17.6 Å². The molecule has 0 radical (unpaired) electrons. The second-order valence-electron chi connectivity index (χ2n) is 6.39. The predicted octanol–water partition coefficient (Wildman–Crippen LogP) is 2.60. The molecule has 2 N–H and O–H groups in total. The Morgan fingerprint density at radius 1 is 1.32 bits per heavy atom. The van der Waals surface area contributed by atoms with Gasteiger partial charge in [0, 0.05) is 19.0 Å². The summed E-state index contributed by atoms with van der Waals surface area (Å²) >= 11 is 0. The number of nitrogens with zero attached hydrogens (tertiary/aromatic N) is 3. The molecule has 1 fully saturated rings. The third kappa shape index (κ3) is 3.15. The lowest BCUT2D eigenvalue weighted by Gasteiger charge is -2.16. The van der Waals surface area contributed by atoms with Crippen molar-refractivity contribution in [3.63, 3.8) is 0 Å². The van der Waals surface area contributed by atoms with E-state index in [0.29, 0.717) is 5.52 Å². The molecule has 4 rings (SSSR count). The molecule has 2 amide bonds. The highest BCUT2D eigenvalue weighted by molar-refractivity contribution is 6.03. The number of rotatable bonds is 4. The SMILES string of the molecule is O=C(Nc1nc2ccccc2[nH]1)C1CC(=O)N(c2ccc(F)c([N+](=O)[O-])c2)C1. The topological polar surface area (TPSA) is 121 Å². The van der Waals surface area contributed by atoms with E-state index in [1.54, 1.807) is 6.07 Å². The normalized spacial score (nSPS) is 16.5. The lowest BCUT2D eigenvalue weighted by Crippen LogP contribution is -2.28. The molecular weight excluding hydrogens is 369 g/mol. The van der Waals surface area contributed by atoms with E-state index in [-0.39, 0.29) is 30.5 Å². The first-order valence-electron chi connectivity index (χ1n) is 8.42. The number of carbonyl (C=O) groups excluding carboxylic acids is 2. The minimum atomic E-state index is -0.987. The Morgan fingerprint density at radius 2 is 2.11 bits per heavy atom. The first kappa shape index (κ1) is 17.6. The van der Waals surface area contributed by atoms with Crippen LogP contribution in [-0.4, -0.2) is 33.3 Å². The van der Waals surface area contributed by atoms with Crippen LogP contribution in [0.1, 0.15) is 6.42 Å². The summed E-state index contributed by atoms with van der Waals surface area (Å²) in [7, 11) is 0. The van der Waals surface area contributed by atoms with Crippen molar-refractivity contribution in [3.8, 4) is 0 Å². The highest BCUT2D eigenvalue weighted by Crippen LogP contribution is 2.30. The van der Waals surface area contributed by atoms with E-state index in [1.165, 1.54) is 11.0 Å². The summed E-state index contributed by atoms with van der Waals surface area (Å²) in [4.78, 5) is 43.4. The Morgan fingerprint density at radius 3 is 2.86 bits per heavy atom. The van der Waals surface area contributed by atoms with E-state index in [9.17, 15) is 24.1 Å². The van der Waals surface area contributed by atoms with Crippen molar-refractivity contribution in [3.05, 3.63) is 58.4 Å². The summed E-state index contributed by atoms with van der Waals surface area (Å²) in [6.45, 7) is 0.0354. The molecule has 1 aromatic heterocycles. The molecular formula is C18H14FN5O4. The van der Waals surface area contributed by atoms with Crippen molar-refractivity contribution in [2.45, 2.75) is 6.42 Å². The van der Waals surface area contributed by atoms with Crippen molar-refractivity contribution in [1.82, 2.24) is 9.97 Å². The molecule has 2 aromatic carbocycles. The average Bonchev–Trinajstić information content (AvgIpc) is 3.24. The fourth-order valence-electron chi connectivity index (χ4n) is 3.17. The maximum absolute atomic E-state index is 13.5. The lowest BCUT2D eigenvalue weighted by atomic mass is 10.1. The molecule has 0 saturated carbocycles. The van der Waals surface area contributed by atoms with Crippen molar-refractivity contribution < 1.29 is 18.9 Å². The second-order valence-corrected chi connectivity index (χ2v) is 6.39. The number of hydrogen-bond acceptors (Lipinski definition) is 5. The number of hydrogen-bond donors (Lipinski definition) is 2. The van der Waals surface area contributed by atoms with Crippen LogP contribution in [0.25, 0.3) is 11.0 Å². The lowest BCUT2D eigenvalue weighted by molar-refractivity contribution is -0.387. The molecule has 1 saturated heterocycles. The van der Waals surface area contributed by atoms with Gasteiger partial charge < -0.3 is 9.88 Å². The average molecular weight is 383 g/mol. The summed E-state index contributed by atoms with van der Waals surface area (Å²) in [5, 5.41) is 13.6. The van der Waals surface area contributed by atoms with Gasteiger partial charge in [-0.15, -0.1) is 0 Å². The largest absolute Gasteiger partial charge is 0.324 e. The minimum absolute atomic E-state index is 0.0354. The standard InChI is InChI=1S/C18H14FN5O4/c19-12-6-5-11(8-15(12)24(27)28)23-9-10(7-16(23)25)17(26)22-18-20-13-3-1-2-4-14(13)21-18/h1-6,8,10H,7,9H2,(H2,20,21,22,26). The van der Waals surface area contributed by atoms with Crippen molar-refractivity contribution >= 4 is 40.2 Å². The molecule has 0 spiro atoms. The third-order valence-electron chi connectivity index (χ3n) is 4.56. The number of aromatic nitrogens is 2. The van der Waals surface area contributed by atoms with Crippen LogP contribution in [-0.2, 0) is 9.59 Å². The molecule has 9 nitrogen and oxygen atoms in total. The summed E-state index contributed by atoms with van der Waals surface area (Å²) < 4.78 is 13.5. The number of amides is 2. The van der Waals surface area contributed by atoms with Crippen LogP contribution >= 0.6 is 0 Å². The van der Waals surface area contributed by atoms with Gasteiger partial charge in [-0.2, -0.15) is 4.39 Å². The molecule has 1 aliphatic heterocycles. The Labute approximate surface area is 157 Å². The first-order valence-corrected chi connectivity index (χ1v) is 8.42. The van der Waals surface area contributed by atoms with Crippen LogP contribution in [0.5, 0.6) is 0 Å². The van der Waals surface area contributed by atoms with E-state index in [1.807, 2.05) is 18.2 Å². The zero-order chi connectivity index (χ0) is 19.8. The Balaban J connectivity index is 1.50. The zero-order valence-corrected chi connectivity index (χ0v) is 14.4. The van der Waals surface area contributed by atoms with Crippen LogP contribution < -0.4 is 10.2 Å². The highest BCUT2D eigenvalue weighted by Gasteiger charge is 2.36. The summed E-state index contributed by atoms with van der Waals surface area (Å²) in [5.74, 6) is -2.14. The molecule has 0 aliphatic carbocycles. The van der Waals surface area contributed by atoms with Gasteiger partial charge >= 0.3 is 5.69 Å². The van der Waals surface area contributed by atoms with Gasteiger partial charge in [0.05, 0.1) is 27.6 Å². The monoisotopic (exact) mass is 383 g/mol. The molecule has 142 valence electrons. The number of anilines is 2. The third-order valence-corrected chi connectivity index (χ3v) is 4.56. The number of nitrogens with one attached hydrogen (secondary N) is 2. The van der Waals surface area contributed by atoms with E-state index < -0.39 is 28.3 Å². The molecule has 3 aromatic rings. The molecule has 2 heterocycles. The fraction of sp³-hybridized carbons (Fsp3) is 0.167. The maximum Gasteiger partial charge on any atom is 0.306 e. The number of nitro groups is 1. The van der Waals surface area contributed by atoms with Gasteiger partial charge in [0.25, 0.3) is 0 Å². The van der Waals surface area contributed by atoms with Crippen molar-refractivity contribution in [1.29, 1.82) is 0 Å². The summed E-state index contributed by atoms with van der Waals surface area (Å²) in [6, 6.07) is 10.5. The Bertz CT molecular complexity index is 1080. The minimum Gasteiger partial charge on any atom is -0.324 e. The van der Waals surface area contributed by atoms with Crippen LogP contribution in [0.2, 0.25) is 0 Å². The van der Waals surface area contributed by atoms with Gasteiger partial charge in [0.15, 0.2) is 0 Å². The first-order chi connectivity index (χ1) is 13.4. The van der Waals surface area contributed by atoms with Gasteiger partial charge in [-0.1, -0.05) is 12.1 Å². The van der Waals surface area contributed by atoms with Gasteiger partial charge in [-0.25, -0.2) is 4.98 Å². The molecule has 28 heavy (non-hydrogen) atoms. The zero-order valence-electron chi connectivity index (χ0n) is 14.4. The van der Waals surface area contributed by atoms with Gasteiger partial charge in [-0.05, 0) is 24.3 Å². The molecule has 0 bridgehead atoms. The van der Waals surface area contributed by atoms with Crippen LogP contribution in [0.4, 0.5) is 21.7 Å². The maximum atomic E-state index is 13.5. The Kier molecular flexibility index (Phi) is 4.22. The highest BCUT2D eigenvalue weighted by atomic mass is 19.1. The van der Waals surface area contributed by atoms with Crippen LogP contribution in [0, 0.1) is 21.8 Å². The second kappa shape index (κ2) is 6.72. The Hall–Kier alpha value is -3.82. The smallest absolute Gasteiger partial charge is 0.306 e. The fourth-order valence-corrected chi connectivity index (χ4v) is 3.17. The van der Waals surface area contributed by atoms with E-state index in [2.05, 4.69) is 15.3 Å². The molecule has 1 atom stereocenters. The molecule has 1 unspecified atom stereocenters. The predicted molar refractivity (Wildman–Crippen MR) is 98.2 cm³/mol. The summed E-state index contributed by atoms with van der Waals surface area (Å²) in [6.07, 6.45) is -0.0583. The number of nitro benzene ring substituents is 1. The summed E-state index contributed by atoms with van der Waals surface area (Å²) in [5.41, 5.74) is 0.915. The number of benzene rings is 2. The number of fused-ring (bicyclic) bond motifs is 1. The molecule has 10 heteroatoms. The number of aromatic amines is 1. The quantitative estimate of drug-likeness (QED) is 0.530. The number of carbonyl (C=O) groups is 2. The van der Waals surface area contributed by atoms with Gasteiger partial charge in [0.2, 0.25) is 23.6 Å². The van der Waals surface area contributed by atoms with Crippen LogP contribution in [0.15, 0.2) is 42.5 Å². The van der Waals surface area contributed by atoms with E-state index in [4.69, 9.17) is 0 Å². The number of para-hydroxylation sites is 2. The van der Waals surface area contributed by atoms with E-state index >= 15 is 0 Å². The molecule has 1 aliphatic rings. The van der Waals surface area contributed by atoms with Crippen molar-refractivity contribution in [2.24, 2.45) is 5.92 Å². The van der Waals surface area contributed by atoms with Crippen LogP contribution in [0.3, 0.4) is 0 Å². The number of halogens is 1. The number of H-pyrrole nitrogens is 1. The van der Waals surface area contributed by atoms with Crippen molar-refractivity contribution in [2.75, 3.05) is 16.8 Å². The number of imidazole rings is 1. The van der Waals surface area contributed by atoms with Gasteiger partial charge in [0.1, 0.15) is 0 Å². The van der Waals surface area contributed by atoms with Gasteiger partial charge in [-0.3, -0.25) is 25.0 Å².